The molecule has 2 rings (SSSR count). The average Bonchev–Trinajstić information content (AvgIpc) is 2.65. The summed E-state index contributed by atoms with van der Waals surface area (Å²) in [5.41, 5.74) is 10.0. The summed E-state index contributed by atoms with van der Waals surface area (Å²) in [7, 11) is 0. The lowest BCUT2D eigenvalue weighted by Crippen LogP contribution is -2.00. The predicted molar refractivity (Wildman–Crippen MR) is 65.5 cm³/mol. The molecule has 82 valence electrons. The fourth-order valence-electron chi connectivity index (χ4n) is 2.44. The van der Waals surface area contributed by atoms with E-state index in [2.05, 4.69) is 12.1 Å². The number of halogens is 1. The Hall–Kier alpha value is -0.530. The van der Waals surface area contributed by atoms with Crippen LogP contribution >= 0.6 is 11.6 Å². The number of hydrogen-bond acceptors (Lipinski definition) is 1. The third-order valence-corrected chi connectivity index (χ3v) is 3.39. The molecule has 0 saturated heterocycles. The molecule has 1 aromatic carbocycles. The lowest BCUT2D eigenvalue weighted by molar-refractivity contribution is 0.740. The SMILES string of the molecule is NCCCCc1cc(Cl)cc2c1CCC2. The van der Waals surface area contributed by atoms with E-state index < -0.39 is 0 Å². The number of hydrogen-bond donors (Lipinski definition) is 1. The van der Waals surface area contributed by atoms with Crippen LogP contribution in [-0.2, 0) is 19.3 Å². The van der Waals surface area contributed by atoms with Crippen LogP contribution in [0.3, 0.4) is 0 Å². The zero-order valence-corrected chi connectivity index (χ0v) is 9.82. The van der Waals surface area contributed by atoms with Crippen LogP contribution in [-0.4, -0.2) is 6.54 Å². The van der Waals surface area contributed by atoms with Crippen LogP contribution in [0.1, 0.15) is 36.0 Å². The summed E-state index contributed by atoms with van der Waals surface area (Å²) in [4.78, 5) is 0. The average molecular weight is 224 g/mol. The van der Waals surface area contributed by atoms with Gasteiger partial charge >= 0.3 is 0 Å². The van der Waals surface area contributed by atoms with Crippen molar-refractivity contribution >= 4 is 11.6 Å². The quantitative estimate of drug-likeness (QED) is 0.780. The summed E-state index contributed by atoms with van der Waals surface area (Å²) in [6.45, 7) is 0.794. The minimum atomic E-state index is 0.794. The normalized spacial score (nSPS) is 14.3. The first-order valence-corrected chi connectivity index (χ1v) is 6.19. The first kappa shape index (κ1) is 11.0. The monoisotopic (exact) mass is 223 g/mol. The summed E-state index contributed by atoms with van der Waals surface area (Å²) in [6, 6.07) is 4.28. The molecule has 2 N–H and O–H groups in total. The number of fused-ring (bicyclic) bond motifs is 1. The highest BCUT2D eigenvalue weighted by Gasteiger charge is 2.15. The molecule has 1 nitrogen and oxygen atoms in total. The second-order valence-electron chi connectivity index (χ2n) is 4.30. The standard InChI is InChI=1S/C13H18ClN/c14-12-8-10(4-1-2-7-15)13-6-3-5-11(13)9-12/h8-9H,1-7,15H2. The van der Waals surface area contributed by atoms with Crippen LogP contribution in [0.15, 0.2) is 12.1 Å². The van der Waals surface area contributed by atoms with E-state index >= 15 is 0 Å². The predicted octanol–water partition coefficient (Wildman–Crippen LogP) is 3.11. The maximum absolute atomic E-state index is 6.12. The Kier molecular flexibility index (Phi) is 3.66. The molecule has 0 radical (unpaired) electrons. The molecule has 0 fully saturated rings. The molecule has 0 unspecified atom stereocenters. The van der Waals surface area contributed by atoms with E-state index in [0.717, 1.165) is 24.4 Å². The fourth-order valence-corrected chi connectivity index (χ4v) is 2.70. The van der Waals surface area contributed by atoms with Crippen LogP contribution in [0.5, 0.6) is 0 Å². The lowest BCUT2D eigenvalue weighted by Gasteiger charge is -2.09. The van der Waals surface area contributed by atoms with Crippen molar-refractivity contribution < 1.29 is 0 Å². The highest BCUT2D eigenvalue weighted by Crippen LogP contribution is 2.29. The lowest BCUT2D eigenvalue weighted by atomic mass is 9.99. The first-order chi connectivity index (χ1) is 7.31. The number of nitrogens with two attached hydrogens (primary N) is 1. The molecule has 0 amide bonds. The zero-order chi connectivity index (χ0) is 10.7. The van der Waals surface area contributed by atoms with Gasteiger partial charge in [0.2, 0.25) is 0 Å². The molecule has 0 spiro atoms. The fraction of sp³-hybridized carbons (Fsp3) is 0.538. The largest absolute Gasteiger partial charge is 0.330 e. The molecule has 0 atom stereocenters. The number of benzene rings is 1. The molecule has 0 heterocycles. The van der Waals surface area contributed by atoms with E-state index in [0.29, 0.717) is 0 Å². The second-order valence-corrected chi connectivity index (χ2v) is 4.74. The van der Waals surface area contributed by atoms with E-state index in [9.17, 15) is 0 Å². The molecule has 0 aliphatic heterocycles. The van der Waals surface area contributed by atoms with E-state index in [-0.39, 0.29) is 0 Å². The van der Waals surface area contributed by atoms with Crippen molar-refractivity contribution in [3.63, 3.8) is 0 Å². The summed E-state index contributed by atoms with van der Waals surface area (Å²) >= 11 is 6.12. The van der Waals surface area contributed by atoms with E-state index in [4.69, 9.17) is 17.3 Å². The van der Waals surface area contributed by atoms with Gasteiger partial charge in [-0.25, -0.2) is 0 Å². The maximum Gasteiger partial charge on any atom is 0.0411 e. The Morgan fingerprint density at radius 3 is 2.87 bits per heavy atom. The van der Waals surface area contributed by atoms with Crippen LogP contribution in [0.2, 0.25) is 5.02 Å². The third-order valence-electron chi connectivity index (χ3n) is 3.17. The highest BCUT2D eigenvalue weighted by molar-refractivity contribution is 6.30. The zero-order valence-electron chi connectivity index (χ0n) is 9.06. The van der Waals surface area contributed by atoms with Crippen molar-refractivity contribution in [3.05, 3.63) is 33.8 Å². The molecule has 0 bridgehead atoms. The van der Waals surface area contributed by atoms with Gasteiger partial charge in [0.15, 0.2) is 0 Å². The van der Waals surface area contributed by atoms with Gasteiger partial charge in [0, 0.05) is 5.02 Å². The minimum Gasteiger partial charge on any atom is -0.330 e. The molecule has 1 aliphatic rings. The molecular formula is C13H18ClN. The number of unbranched alkanes of at least 4 members (excludes halogenated alkanes) is 1. The molecule has 1 aromatic rings. The van der Waals surface area contributed by atoms with E-state index in [1.807, 2.05) is 0 Å². The van der Waals surface area contributed by atoms with Crippen molar-refractivity contribution in [2.45, 2.75) is 38.5 Å². The van der Waals surface area contributed by atoms with Gasteiger partial charge < -0.3 is 5.73 Å². The Morgan fingerprint density at radius 2 is 2.07 bits per heavy atom. The molecule has 1 aliphatic carbocycles. The van der Waals surface area contributed by atoms with E-state index in [1.165, 1.54) is 36.8 Å². The minimum absolute atomic E-state index is 0.794. The first-order valence-electron chi connectivity index (χ1n) is 5.81. The van der Waals surface area contributed by atoms with Crippen molar-refractivity contribution in [2.24, 2.45) is 5.73 Å². The maximum atomic E-state index is 6.12. The van der Waals surface area contributed by atoms with Gasteiger partial charge in [0.05, 0.1) is 0 Å². The van der Waals surface area contributed by atoms with Crippen molar-refractivity contribution in [1.29, 1.82) is 0 Å². The van der Waals surface area contributed by atoms with Crippen LogP contribution in [0, 0.1) is 0 Å². The Balaban J connectivity index is 2.15. The number of aryl methyl sites for hydroxylation is 2. The molecule has 15 heavy (non-hydrogen) atoms. The summed E-state index contributed by atoms with van der Waals surface area (Å²) in [5.74, 6) is 0. The van der Waals surface area contributed by atoms with Crippen LogP contribution < -0.4 is 5.73 Å². The summed E-state index contributed by atoms with van der Waals surface area (Å²) in [6.07, 6.45) is 7.18. The smallest absolute Gasteiger partial charge is 0.0411 e. The van der Waals surface area contributed by atoms with Gasteiger partial charge in [-0.2, -0.15) is 0 Å². The highest BCUT2D eigenvalue weighted by atomic mass is 35.5. The Labute approximate surface area is 96.6 Å². The van der Waals surface area contributed by atoms with Crippen LogP contribution in [0.25, 0.3) is 0 Å². The van der Waals surface area contributed by atoms with Crippen LogP contribution in [0.4, 0.5) is 0 Å². The Bertz CT molecular complexity index is 347. The number of rotatable bonds is 4. The van der Waals surface area contributed by atoms with E-state index in [1.54, 1.807) is 5.56 Å². The molecule has 0 aromatic heterocycles. The van der Waals surface area contributed by atoms with Crippen molar-refractivity contribution in [3.8, 4) is 0 Å². The van der Waals surface area contributed by atoms with Gasteiger partial charge in [-0.1, -0.05) is 11.6 Å². The molecule has 0 saturated carbocycles. The summed E-state index contributed by atoms with van der Waals surface area (Å²) < 4.78 is 0. The summed E-state index contributed by atoms with van der Waals surface area (Å²) in [5, 5.41) is 0.901. The third kappa shape index (κ3) is 2.53. The van der Waals surface area contributed by atoms with Gasteiger partial charge in [-0.15, -0.1) is 0 Å². The van der Waals surface area contributed by atoms with Gasteiger partial charge in [-0.05, 0) is 73.9 Å². The topological polar surface area (TPSA) is 26.0 Å². The van der Waals surface area contributed by atoms with Crippen molar-refractivity contribution in [1.82, 2.24) is 0 Å². The molecule has 2 heteroatoms. The van der Waals surface area contributed by atoms with Crippen molar-refractivity contribution in [2.75, 3.05) is 6.54 Å². The Morgan fingerprint density at radius 1 is 1.20 bits per heavy atom. The second kappa shape index (κ2) is 5.00. The van der Waals surface area contributed by atoms with Gasteiger partial charge in [-0.3, -0.25) is 0 Å². The van der Waals surface area contributed by atoms with Gasteiger partial charge in [0.1, 0.15) is 0 Å². The van der Waals surface area contributed by atoms with Gasteiger partial charge in [0.25, 0.3) is 0 Å². The molecular weight excluding hydrogens is 206 g/mol.